The molecule has 0 aromatic heterocycles. The molecular weight excluding hydrogens is 310 g/mol. The van der Waals surface area contributed by atoms with Crippen molar-refractivity contribution in [2.24, 2.45) is 0 Å². The number of benzene rings is 1. The van der Waals surface area contributed by atoms with Crippen molar-refractivity contribution < 1.29 is 13.2 Å². The van der Waals surface area contributed by atoms with Gasteiger partial charge in [-0.1, -0.05) is 23.8 Å². The average molecular weight is 335 g/mol. The number of ether oxygens (including phenoxy) is 1. The summed E-state index contributed by atoms with van der Waals surface area (Å²) < 4.78 is 33.6. The highest BCUT2D eigenvalue weighted by molar-refractivity contribution is 7.89. The van der Waals surface area contributed by atoms with E-state index in [1.54, 1.807) is 31.4 Å². The molecule has 1 aromatic carbocycles. The minimum atomic E-state index is -3.59. The second-order valence-electron chi connectivity index (χ2n) is 5.88. The van der Waals surface area contributed by atoms with E-state index >= 15 is 0 Å². The molecule has 4 nitrogen and oxygen atoms in total. The van der Waals surface area contributed by atoms with E-state index in [4.69, 9.17) is 4.74 Å². The molecule has 0 unspecified atom stereocenters. The fourth-order valence-corrected chi connectivity index (χ4v) is 4.02. The zero-order valence-corrected chi connectivity index (χ0v) is 14.7. The summed E-state index contributed by atoms with van der Waals surface area (Å²) in [6.07, 6.45) is 6.07. The maximum absolute atomic E-state index is 12.7. The lowest BCUT2D eigenvalue weighted by Gasteiger charge is -2.28. The van der Waals surface area contributed by atoms with Crippen molar-refractivity contribution in [3.05, 3.63) is 53.8 Å². The predicted molar refractivity (Wildman–Crippen MR) is 92.6 cm³/mol. The number of rotatable bonds is 7. The zero-order valence-electron chi connectivity index (χ0n) is 13.8. The van der Waals surface area contributed by atoms with Crippen molar-refractivity contribution in [3.63, 3.8) is 0 Å². The molecule has 2 rings (SSSR count). The molecule has 0 bridgehead atoms. The lowest BCUT2D eigenvalue weighted by molar-refractivity contribution is 0.112. The molecule has 1 N–H and O–H groups in total. The fourth-order valence-electron chi connectivity index (χ4n) is 2.84. The Labute approximate surface area is 139 Å². The molecule has 0 amide bonds. The summed E-state index contributed by atoms with van der Waals surface area (Å²) in [5.41, 5.74) is 2.86. The van der Waals surface area contributed by atoms with Gasteiger partial charge in [0.05, 0.1) is 16.7 Å². The van der Waals surface area contributed by atoms with Gasteiger partial charge in [0.1, 0.15) is 0 Å². The fraction of sp³-hybridized carbons (Fsp3) is 0.444. The van der Waals surface area contributed by atoms with Gasteiger partial charge in [0.15, 0.2) is 0 Å². The summed E-state index contributed by atoms with van der Waals surface area (Å²) in [5, 5.41) is 0. The third-order valence-corrected chi connectivity index (χ3v) is 5.54. The first-order valence-corrected chi connectivity index (χ1v) is 9.41. The summed E-state index contributed by atoms with van der Waals surface area (Å²) in [6.45, 7) is 5.68. The topological polar surface area (TPSA) is 55.4 Å². The van der Waals surface area contributed by atoms with E-state index in [1.165, 1.54) is 0 Å². The van der Waals surface area contributed by atoms with Gasteiger partial charge in [0.25, 0.3) is 10.0 Å². The predicted octanol–water partition coefficient (Wildman–Crippen LogP) is 3.69. The van der Waals surface area contributed by atoms with Crippen molar-refractivity contribution >= 4 is 10.0 Å². The van der Waals surface area contributed by atoms with Crippen LogP contribution in [0.15, 0.2) is 53.1 Å². The van der Waals surface area contributed by atoms with Gasteiger partial charge in [-0.3, -0.25) is 4.72 Å². The van der Waals surface area contributed by atoms with Gasteiger partial charge in [0.2, 0.25) is 0 Å². The number of aryl methyl sites for hydroxylation is 1. The highest BCUT2D eigenvalue weighted by Gasteiger charge is 2.27. The lowest BCUT2D eigenvalue weighted by Crippen LogP contribution is -2.34. The number of methoxy groups -OCH3 is 1. The van der Waals surface area contributed by atoms with Crippen LogP contribution in [-0.4, -0.2) is 21.6 Å². The summed E-state index contributed by atoms with van der Waals surface area (Å²) in [4.78, 5) is 0.277. The van der Waals surface area contributed by atoms with Crippen molar-refractivity contribution in [2.45, 2.75) is 50.0 Å². The van der Waals surface area contributed by atoms with Crippen molar-refractivity contribution in [1.29, 1.82) is 0 Å². The molecule has 0 fully saturated rings. The van der Waals surface area contributed by atoms with Crippen LogP contribution in [0.25, 0.3) is 0 Å². The van der Waals surface area contributed by atoms with Crippen molar-refractivity contribution in [2.75, 3.05) is 7.11 Å². The Balaban J connectivity index is 2.32. The van der Waals surface area contributed by atoms with E-state index in [-0.39, 0.29) is 11.0 Å². The van der Waals surface area contributed by atoms with Crippen LogP contribution in [0.4, 0.5) is 0 Å². The molecule has 0 aliphatic heterocycles. The molecule has 5 heteroatoms. The largest absolute Gasteiger partial charge is 0.375 e. The van der Waals surface area contributed by atoms with Gasteiger partial charge in [-0.2, -0.15) is 0 Å². The van der Waals surface area contributed by atoms with Crippen LogP contribution in [0.2, 0.25) is 0 Å². The third-order valence-electron chi connectivity index (χ3n) is 4.16. The first-order valence-electron chi connectivity index (χ1n) is 7.93. The number of hydrogen-bond donors (Lipinski definition) is 1. The molecule has 0 spiro atoms. The highest BCUT2D eigenvalue weighted by atomic mass is 32.2. The Kier molecular flexibility index (Phi) is 6.02. The molecule has 1 aromatic rings. The minimum absolute atomic E-state index is 0.191. The monoisotopic (exact) mass is 335 g/mol. The van der Waals surface area contributed by atoms with Crippen LogP contribution >= 0.6 is 0 Å². The standard InChI is InChI=1S/C18H25NO3S/c1-4-5-7-15-8-6-9-17(22-3)18(15)19-23(20,21)16-12-10-14(2)11-13-16/h4,10-13,17,19H,1,5-9H2,2-3H3/t17-/m1/s1. The Morgan fingerprint density at radius 1 is 1.35 bits per heavy atom. The Morgan fingerprint density at radius 3 is 2.65 bits per heavy atom. The normalized spacial score (nSPS) is 18.8. The molecule has 0 heterocycles. The van der Waals surface area contributed by atoms with Gasteiger partial charge in [-0.05, 0) is 56.7 Å². The summed E-state index contributed by atoms with van der Waals surface area (Å²) in [6, 6.07) is 6.87. The first kappa shape index (κ1) is 17.8. The zero-order chi connectivity index (χ0) is 16.9. The lowest BCUT2D eigenvalue weighted by atomic mass is 9.91. The maximum Gasteiger partial charge on any atom is 0.261 e. The molecular formula is C18H25NO3S. The average Bonchev–Trinajstić information content (AvgIpc) is 2.54. The summed E-state index contributed by atoms with van der Waals surface area (Å²) in [5.74, 6) is 0. The molecule has 1 aliphatic rings. The Bertz CT molecular complexity index is 675. The number of allylic oxidation sites excluding steroid dienone is 2. The minimum Gasteiger partial charge on any atom is -0.375 e. The van der Waals surface area contributed by atoms with Crippen LogP contribution < -0.4 is 4.72 Å². The van der Waals surface area contributed by atoms with Crippen LogP contribution in [-0.2, 0) is 14.8 Å². The van der Waals surface area contributed by atoms with Crippen molar-refractivity contribution in [3.8, 4) is 0 Å². The molecule has 23 heavy (non-hydrogen) atoms. The van der Waals surface area contributed by atoms with E-state index < -0.39 is 10.0 Å². The van der Waals surface area contributed by atoms with E-state index in [0.717, 1.165) is 43.2 Å². The van der Waals surface area contributed by atoms with Crippen LogP contribution in [0, 0.1) is 6.92 Å². The van der Waals surface area contributed by atoms with Crippen LogP contribution in [0.1, 0.15) is 37.7 Å². The third kappa shape index (κ3) is 4.45. The van der Waals surface area contributed by atoms with Gasteiger partial charge in [-0.15, -0.1) is 6.58 Å². The van der Waals surface area contributed by atoms with Crippen molar-refractivity contribution in [1.82, 2.24) is 4.72 Å². The molecule has 0 radical (unpaired) electrons. The van der Waals surface area contributed by atoms with Gasteiger partial charge in [-0.25, -0.2) is 8.42 Å². The van der Waals surface area contributed by atoms with Crippen LogP contribution in [0.5, 0.6) is 0 Å². The SMILES string of the molecule is C=CCCC1=C(NS(=O)(=O)c2ccc(C)cc2)[C@H](OC)CCC1. The molecule has 126 valence electrons. The van der Waals surface area contributed by atoms with Gasteiger partial charge >= 0.3 is 0 Å². The second-order valence-corrected chi connectivity index (χ2v) is 7.56. The quantitative estimate of drug-likeness (QED) is 0.773. The number of hydrogen-bond acceptors (Lipinski definition) is 3. The van der Waals surface area contributed by atoms with E-state index in [2.05, 4.69) is 11.3 Å². The number of nitrogens with one attached hydrogen (secondary N) is 1. The summed E-state index contributed by atoms with van der Waals surface area (Å²) in [7, 11) is -1.97. The Morgan fingerprint density at radius 2 is 2.04 bits per heavy atom. The van der Waals surface area contributed by atoms with Gasteiger partial charge in [0, 0.05) is 7.11 Å². The molecule has 0 saturated carbocycles. The first-order chi connectivity index (χ1) is 11.0. The second kappa shape index (κ2) is 7.79. The van der Waals surface area contributed by atoms with E-state index in [0.29, 0.717) is 5.70 Å². The molecule has 0 saturated heterocycles. The van der Waals surface area contributed by atoms with Crippen LogP contribution in [0.3, 0.4) is 0 Å². The van der Waals surface area contributed by atoms with E-state index in [1.807, 2.05) is 13.0 Å². The highest BCUT2D eigenvalue weighted by Crippen LogP contribution is 2.29. The summed E-state index contributed by atoms with van der Waals surface area (Å²) >= 11 is 0. The smallest absolute Gasteiger partial charge is 0.261 e. The van der Waals surface area contributed by atoms with Gasteiger partial charge < -0.3 is 4.74 Å². The van der Waals surface area contributed by atoms with E-state index in [9.17, 15) is 8.42 Å². The maximum atomic E-state index is 12.7. The number of sulfonamides is 1. The molecule has 1 atom stereocenters. The molecule has 1 aliphatic carbocycles. The Hall–Kier alpha value is -1.59.